The molecule has 12 atom stereocenters. The van der Waals surface area contributed by atoms with Gasteiger partial charge in [-0.2, -0.15) is 0 Å². The summed E-state index contributed by atoms with van der Waals surface area (Å²) in [6, 6.07) is -13.1. The number of nitrogens with two attached hydrogens (primary N) is 2. The fourth-order valence-electron chi connectivity index (χ4n) is 7.88. The number of imide groups is 1. The number of carboxylic acids is 1. The molecule has 0 aliphatic carbocycles. The van der Waals surface area contributed by atoms with Crippen LogP contribution in [0.15, 0.2) is 0 Å². The Labute approximate surface area is 403 Å². The molecule has 0 unspecified atom stereocenters. The molecule has 26 heteroatoms. The SMILES string of the molecule is CC[C@H](C)[C@@H]1NC(=O)[C@@H]2CCCN2C(=O)[C@@H]2CCCN2C(=O)[C@H]([C@@H](C)CC)NC(=O)NC(=O)[C@H](CO)NC(=O)[C@H](CCCCN)NC(=O)[C@H]([C@@H](C)O)NC(=O)[C@@H](N)CSSC[C@@H](C(=O)O)NC1=O. The van der Waals surface area contributed by atoms with Gasteiger partial charge in [0.1, 0.15) is 48.3 Å². The zero-order valence-corrected chi connectivity index (χ0v) is 41.0. The number of amides is 10. The fourth-order valence-corrected chi connectivity index (χ4v) is 10.2. The van der Waals surface area contributed by atoms with E-state index in [-0.39, 0.29) is 50.4 Å². The molecule has 384 valence electrons. The molecule has 14 N–H and O–H groups in total. The van der Waals surface area contributed by atoms with Crippen LogP contribution in [0.5, 0.6) is 0 Å². The van der Waals surface area contributed by atoms with Crippen LogP contribution in [0, 0.1) is 11.8 Å². The van der Waals surface area contributed by atoms with Crippen LogP contribution in [0.1, 0.15) is 92.4 Å². The summed E-state index contributed by atoms with van der Waals surface area (Å²) in [6.45, 7) is 7.71. The zero-order valence-electron chi connectivity index (χ0n) is 39.3. The number of fused-ring (bicyclic) bond motifs is 2. The predicted octanol–water partition coefficient (Wildman–Crippen LogP) is -3.01. The number of aliphatic carboxylic acids is 1. The van der Waals surface area contributed by atoms with Gasteiger partial charge in [-0.25, -0.2) is 9.59 Å². The van der Waals surface area contributed by atoms with Crippen molar-refractivity contribution in [3.63, 3.8) is 0 Å². The maximum atomic E-state index is 14.3. The summed E-state index contributed by atoms with van der Waals surface area (Å²) in [5.41, 5.74) is 11.7. The van der Waals surface area contributed by atoms with Gasteiger partial charge in [0.2, 0.25) is 41.4 Å². The van der Waals surface area contributed by atoms with Crippen LogP contribution in [0.3, 0.4) is 0 Å². The molecule has 3 saturated heterocycles. The van der Waals surface area contributed by atoms with E-state index in [9.17, 15) is 63.3 Å². The number of nitrogens with one attached hydrogen (secondary N) is 7. The van der Waals surface area contributed by atoms with E-state index in [2.05, 4.69) is 31.9 Å². The number of unbranched alkanes of at least 4 members (excludes halogenated alkanes) is 1. The highest BCUT2D eigenvalue weighted by molar-refractivity contribution is 8.76. The number of hydrogen-bond acceptors (Lipinski definition) is 16. The van der Waals surface area contributed by atoms with Crippen molar-refractivity contribution in [2.75, 3.05) is 37.7 Å². The molecule has 68 heavy (non-hydrogen) atoms. The first-order valence-corrected chi connectivity index (χ1v) is 25.7. The minimum atomic E-state index is -1.74. The van der Waals surface area contributed by atoms with Gasteiger partial charge < -0.3 is 68.5 Å². The molecule has 0 aromatic heterocycles. The van der Waals surface area contributed by atoms with E-state index < -0.39 is 138 Å². The highest BCUT2D eigenvalue weighted by Crippen LogP contribution is 2.28. The average Bonchev–Trinajstić information content (AvgIpc) is 4.01. The Bertz CT molecular complexity index is 1820. The zero-order chi connectivity index (χ0) is 50.8. The minimum absolute atomic E-state index is 0.0388. The monoisotopic (exact) mass is 1000 g/mol. The molecule has 0 radical (unpaired) electrons. The molecule has 0 bridgehead atoms. The first kappa shape index (κ1) is 57.6. The fraction of sp³-hybridized carbons (Fsp3) is 0.762. The molecule has 3 aliphatic heterocycles. The largest absolute Gasteiger partial charge is 0.480 e. The Kier molecular flexibility index (Phi) is 23.7. The second-order valence-corrected chi connectivity index (χ2v) is 20.0. The lowest BCUT2D eigenvalue weighted by Gasteiger charge is -2.34. The summed E-state index contributed by atoms with van der Waals surface area (Å²) in [5, 5.41) is 47.6. The van der Waals surface area contributed by atoms with Crippen LogP contribution in [-0.4, -0.2) is 183 Å². The summed E-state index contributed by atoms with van der Waals surface area (Å²) in [5.74, 6) is -9.27. The van der Waals surface area contributed by atoms with E-state index >= 15 is 0 Å². The summed E-state index contributed by atoms with van der Waals surface area (Å²) in [6.07, 6.45) is 1.32. The van der Waals surface area contributed by atoms with Crippen molar-refractivity contribution >= 4 is 80.8 Å². The van der Waals surface area contributed by atoms with E-state index in [1.54, 1.807) is 27.7 Å². The molecule has 0 aromatic carbocycles. The quantitative estimate of drug-likeness (QED) is 0.0724. The Hall–Kier alpha value is -4.76. The van der Waals surface area contributed by atoms with Gasteiger partial charge in [-0.15, -0.1) is 0 Å². The first-order chi connectivity index (χ1) is 32.2. The summed E-state index contributed by atoms with van der Waals surface area (Å²) in [7, 11) is 1.97. The van der Waals surface area contributed by atoms with Gasteiger partial charge in [0.25, 0.3) is 5.91 Å². The molecular weight excluding hydrogens is 931 g/mol. The molecular formula is C42H71N11O13S2. The van der Waals surface area contributed by atoms with Gasteiger partial charge >= 0.3 is 12.0 Å². The number of carboxylic acid groups (broad SMARTS) is 1. The third-order valence-electron chi connectivity index (χ3n) is 12.4. The van der Waals surface area contributed by atoms with Gasteiger partial charge in [0, 0.05) is 24.6 Å². The molecule has 24 nitrogen and oxygen atoms in total. The normalized spacial score (nSPS) is 29.9. The number of rotatable bonds is 11. The average molecular weight is 1000 g/mol. The molecule has 0 saturated carbocycles. The van der Waals surface area contributed by atoms with Crippen molar-refractivity contribution in [3.05, 3.63) is 0 Å². The molecule has 10 amide bonds. The van der Waals surface area contributed by atoms with Crippen LogP contribution in [0.25, 0.3) is 0 Å². The molecule has 3 fully saturated rings. The second kappa shape index (κ2) is 28.0. The highest BCUT2D eigenvalue weighted by atomic mass is 33.1. The number of urea groups is 1. The van der Waals surface area contributed by atoms with E-state index in [1.807, 2.05) is 5.32 Å². The summed E-state index contributed by atoms with van der Waals surface area (Å²) < 4.78 is 0. The molecule has 3 rings (SSSR count). The number of aliphatic hydroxyl groups is 2. The Balaban J connectivity index is 2.00. The van der Waals surface area contributed by atoms with Gasteiger partial charge in [0.05, 0.1) is 18.8 Å². The van der Waals surface area contributed by atoms with Crippen LogP contribution in [0.4, 0.5) is 4.79 Å². The maximum absolute atomic E-state index is 14.3. The lowest BCUT2D eigenvalue weighted by atomic mass is 9.97. The Morgan fingerprint density at radius 3 is 1.82 bits per heavy atom. The van der Waals surface area contributed by atoms with Crippen molar-refractivity contribution < 1.29 is 63.3 Å². The Morgan fingerprint density at radius 2 is 1.24 bits per heavy atom. The van der Waals surface area contributed by atoms with Crippen molar-refractivity contribution in [2.24, 2.45) is 23.3 Å². The van der Waals surface area contributed by atoms with E-state index in [0.29, 0.717) is 38.5 Å². The molecule has 0 aromatic rings. The van der Waals surface area contributed by atoms with Gasteiger partial charge in [-0.1, -0.05) is 62.1 Å². The van der Waals surface area contributed by atoms with Crippen LogP contribution >= 0.6 is 21.6 Å². The van der Waals surface area contributed by atoms with E-state index in [0.717, 1.165) is 21.6 Å². The molecule has 3 heterocycles. The van der Waals surface area contributed by atoms with Gasteiger partial charge in [-0.3, -0.25) is 43.7 Å². The Morgan fingerprint density at radius 1 is 0.676 bits per heavy atom. The lowest BCUT2D eigenvalue weighted by Crippen LogP contribution is -2.61. The standard InChI is InChI=1S/C42H71N11O13S2/c1-6-21(3)30-37(60)47-27(41(64)65)20-68-67-19-24(44)33(56)49-32(23(5)55)38(61)45-25(12-8-9-15-43)34(57)46-26(18-54)35(58)51-42(66)50-31(22(4)7-2)40(63)53-17-11-14-29(53)39(62)52-16-10-13-28(52)36(59)48-30/h21-32,54-55H,6-20,43-44H2,1-5H3,(H,45,61)(H,46,57)(H,47,60)(H,48,59)(H,49,56)(H,64,65)(H2,50,51,58,66)/t21-,22-,23+,24-,25-,26-,27-,28-,29-,30-,31-,32-/m0/s1. The third kappa shape index (κ3) is 16.2. The van der Waals surface area contributed by atoms with E-state index in [4.69, 9.17) is 11.5 Å². The lowest BCUT2D eigenvalue weighted by molar-refractivity contribution is -0.148. The second-order valence-electron chi connectivity index (χ2n) is 17.5. The topological polar surface area (TPSA) is 374 Å². The number of nitrogens with zero attached hydrogens (tertiary/aromatic N) is 2. The van der Waals surface area contributed by atoms with Crippen molar-refractivity contribution in [2.45, 2.75) is 153 Å². The van der Waals surface area contributed by atoms with Crippen molar-refractivity contribution in [1.29, 1.82) is 0 Å². The van der Waals surface area contributed by atoms with Crippen molar-refractivity contribution in [1.82, 2.24) is 47.0 Å². The van der Waals surface area contributed by atoms with Gasteiger partial charge in [0.15, 0.2) is 0 Å². The number of hydrogen-bond donors (Lipinski definition) is 12. The smallest absolute Gasteiger partial charge is 0.327 e. The summed E-state index contributed by atoms with van der Waals surface area (Å²) >= 11 is 0. The van der Waals surface area contributed by atoms with Crippen LogP contribution in [-0.2, 0) is 43.2 Å². The maximum Gasteiger partial charge on any atom is 0.327 e. The van der Waals surface area contributed by atoms with Crippen molar-refractivity contribution in [3.8, 4) is 0 Å². The number of carbonyl (C=O) groups excluding carboxylic acids is 9. The van der Waals surface area contributed by atoms with Crippen LogP contribution in [0.2, 0.25) is 0 Å². The minimum Gasteiger partial charge on any atom is -0.480 e. The van der Waals surface area contributed by atoms with Gasteiger partial charge in [-0.05, 0) is 70.3 Å². The van der Waals surface area contributed by atoms with E-state index in [1.165, 1.54) is 16.7 Å². The first-order valence-electron chi connectivity index (χ1n) is 23.2. The molecule has 0 spiro atoms. The highest BCUT2D eigenvalue weighted by Gasteiger charge is 2.45. The predicted molar refractivity (Wildman–Crippen MR) is 251 cm³/mol. The van der Waals surface area contributed by atoms with Crippen LogP contribution < -0.4 is 48.7 Å². The number of aliphatic hydroxyl groups excluding tert-OH is 2. The molecule has 3 aliphatic rings. The summed E-state index contributed by atoms with van der Waals surface area (Å²) in [4.78, 5) is 138. The number of carbonyl (C=O) groups is 10. The third-order valence-corrected chi connectivity index (χ3v) is 14.9.